The normalized spacial score (nSPS) is 10.8. The maximum atomic E-state index is 8.94. The molecule has 0 aliphatic carbocycles. The molecule has 2 heterocycles. The van der Waals surface area contributed by atoms with Crippen LogP contribution in [0.4, 0.5) is 0 Å². The molecule has 0 aliphatic rings. The highest BCUT2D eigenvalue weighted by molar-refractivity contribution is 5.81. The second-order valence-corrected chi connectivity index (χ2v) is 4.33. The highest BCUT2D eigenvalue weighted by atomic mass is 16.5. The summed E-state index contributed by atoms with van der Waals surface area (Å²) in [5.41, 5.74) is 3.21. The van der Waals surface area contributed by atoms with Gasteiger partial charge in [-0.2, -0.15) is 5.26 Å². The quantitative estimate of drug-likeness (QED) is 0.703. The van der Waals surface area contributed by atoms with Gasteiger partial charge in [-0.25, -0.2) is 4.98 Å². The number of fused-ring (bicyclic) bond motifs is 1. The maximum absolute atomic E-state index is 8.94. The molecule has 0 amide bonds. The molecule has 0 radical (unpaired) electrons. The molecule has 94 valence electrons. The second-order valence-electron chi connectivity index (χ2n) is 4.33. The zero-order valence-corrected chi connectivity index (χ0v) is 10.7. The van der Waals surface area contributed by atoms with Gasteiger partial charge in [0.05, 0.1) is 28.4 Å². The standard InChI is InChI=1S/C14H12N4O/c1-3-18-12-5-4-10(8-15)7-11(12)16-14(18)13-6-9(2)17-19-13/h4-7H,3H2,1-2H3. The van der Waals surface area contributed by atoms with Crippen molar-refractivity contribution >= 4 is 11.0 Å². The highest BCUT2D eigenvalue weighted by Gasteiger charge is 2.15. The molecule has 0 fully saturated rings. The largest absolute Gasteiger partial charge is 0.353 e. The minimum Gasteiger partial charge on any atom is -0.353 e. The molecule has 5 heteroatoms. The van der Waals surface area contributed by atoms with E-state index in [0.29, 0.717) is 11.3 Å². The molecular formula is C14H12N4O. The minimum atomic E-state index is 0.605. The third-order valence-corrected chi connectivity index (χ3v) is 3.04. The summed E-state index contributed by atoms with van der Waals surface area (Å²) < 4.78 is 7.33. The van der Waals surface area contributed by atoms with Gasteiger partial charge in [0.25, 0.3) is 0 Å². The van der Waals surface area contributed by atoms with E-state index in [2.05, 4.69) is 20.8 Å². The summed E-state index contributed by atoms with van der Waals surface area (Å²) in [7, 11) is 0. The molecular weight excluding hydrogens is 240 g/mol. The first-order chi connectivity index (χ1) is 9.22. The molecule has 0 aliphatic heterocycles. The van der Waals surface area contributed by atoms with Gasteiger partial charge in [0.2, 0.25) is 5.76 Å². The van der Waals surface area contributed by atoms with Crippen LogP contribution in [0.5, 0.6) is 0 Å². The van der Waals surface area contributed by atoms with E-state index in [1.807, 2.05) is 26.0 Å². The Morgan fingerprint density at radius 1 is 1.37 bits per heavy atom. The van der Waals surface area contributed by atoms with Gasteiger partial charge in [0, 0.05) is 12.6 Å². The van der Waals surface area contributed by atoms with Crippen LogP contribution in [0.1, 0.15) is 18.2 Å². The average Bonchev–Trinajstić information content (AvgIpc) is 3.00. The summed E-state index contributed by atoms with van der Waals surface area (Å²) in [6, 6.07) is 9.48. The predicted octanol–water partition coefficient (Wildman–Crippen LogP) is 2.89. The Balaban J connectivity index is 2.27. The summed E-state index contributed by atoms with van der Waals surface area (Å²) in [5, 5.41) is 12.8. The molecule has 0 saturated heterocycles. The molecule has 0 bridgehead atoms. The van der Waals surface area contributed by atoms with Crippen LogP contribution in [0.3, 0.4) is 0 Å². The lowest BCUT2D eigenvalue weighted by molar-refractivity contribution is 0.423. The van der Waals surface area contributed by atoms with Crippen molar-refractivity contribution < 1.29 is 4.52 Å². The van der Waals surface area contributed by atoms with Gasteiger partial charge in [-0.15, -0.1) is 0 Å². The van der Waals surface area contributed by atoms with E-state index in [1.165, 1.54) is 0 Å². The van der Waals surface area contributed by atoms with Gasteiger partial charge in [-0.05, 0) is 32.0 Å². The van der Waals surface area contributed by atoms with Gasteiger partial charge < -0.3 is 9.09 Å². The van der Waals surface area contributed by atoms with Crippen molar-refractivity contribution in [2.45, 2.75) is 20.4 Å². The van der Waals surface area contributed by atoms with Crippen LogP contribution in [0.15, 0.2) is 28.8 Å². The molecule has 0 spiro atoms. The van der Waals surface area contributed by atoms with Crippen LogP contribution < -0.4 is 0 Å². The Kier molecular flexibility index (Phi) is 2.57. The lowest BCUT2D eigenvalue weighted by Crippen LogP contribution is -1.96. The Morgan fingerprint density at radius 3 is 2.84 bits per heavy atom. The van der Waals surface area contributed by atoms with Crippen molar-refractivity contribution in [2.75, 3.05) is 0 Å². The Hall–Kier alpha value is -2.61. The van der Waals surface area contributed by atoms with E-state index in [1.54, 1.807) is 12.1 Å². The Bertz CT molecular complexity index is 791. The molecule has 1 aromatic carbocycles. The smallest absolute Gasteiger partial charge is 0.202 e. The van der Waals surface area contributed by atoms with Crippen LogP contribution in [0.2, 0.25) is 0 Å². The van der Waals surface area contributed by atoms with Crippen molar-refractivity contribution in [3.8, 4) is 17.7 Å². The number of hydrogen-bond acceptors (Lipinski definition) is 4. The van der Waals surface area contributed by atoms with Crippen molar-refractivity contribution in [1.29, 1.82) is 5.26 Å². The van der Waals surface area contributed by atoms with Crippen LogP contribution in [0, 0.1) is 18.3 Å². The topological polar surface area (TPSA) is 67.6 Å². The molecule has 5 nitrogen and oxygen atoms in total. The molecule has 2 aromatic heterocycles. The number of aromatic nitrogens is 3. The first kappa shape index (κ1) is 11.5. The fraction of sp³-hybridized carbons (Fsp3) is 0.214. The summed E-state index contributed by atoms with van der Waals surface area (Å²) in [6.45, 7) is 4.70. The van der Waals surface area contributed by atoms with Crippen LogP contribution in [-0.2, 0) is 6.54 Å². The molecule has 3 aromatic rings. The fourth-order valence-electron chi connectivity index (χ4n) is 2.18. The summed E-state index contributed by atoms with van der Waals surface area (Å²) in [6.07, 6.45) is 0. The zero-order valence-electron chi connectivity index (χ0n) is 10.7. The summed E-state index contributed by atoms with van der Waals surface area (Å²) in [5.74, 6) is 1.39. The minimum absolute atomic E-state index is 0.605. The van der Waals surface area contributed by atoms with Gasteiger partial charge in [0.15, 0.2) is 5.82 Å². The number of benzene rings is 1. The number of hydrogen-bond donors (Lipinski definition) is 0. The number of imidazole rings is 1. The third kappa shape index (κ3) is 1.78. The van der Waals surface area contributed by atoms with E-state index in [-0.39, 0.29) is 0 Å². The third-order valence-electron chi connectivity index (χ3n) is 3.04. The van der Waals surface area contributed by atoms with Gasteiger partial charge >= 0.3 is 0 Å². The van der Waals surface area contributed by atoms with Crippen molar-refractivity contribution in [3.05, 3.63) is 35.5 Å². The Morgan fingerprint density at radius 2 is 2.21 bits per heavy atom. The second kappa shape index (κ2) is 4.25. The maximum Gasteiger partial charge on any atom is 0.202 e. The number of nitriles is 1. The SMILES string of the molecule is CCn1c(-c2cc(C)no2)nc2cc(C#N)ccc21. The van der Waals surface area contributed by atoms with Crippen LogP contribution >= 0.6 is 0 Å². The fourth-order valence-corrected chi connectivity index (χ4v) is 2.18. The molecule has 19 heavy (non-hydrogen) atoms. The van der Waals surface area contributed by atoms with Gasteiger partial charge in [0.1, 0.15) is 0 Å². The van der Waals surface area contributed by atoms with E-state index >= 15 is 0 Å². The summed E-state index contributed by atoms with van der Waals surface area (Å²) in [4.78, 5) is 4.55. The van der Waals surface area contributed by atoms with Gasteiger partial charge in [-0.1, -0.05) is 5.16 Å². The van der Waals surface area contributed by atoms with Crippen molar-refractivity contribution in [3.63, 3.8) is 0 Å². The lowest BCUT2D eigenvalue weighted by Gasteiger charge is -2.02. The first-order valence-corrected chi connectivity index (χ1v) is 6.07. The number of rotatable bonds is 2. The van der Waals surface area contributed by atoms with Crippen LogP contribution in [-0.4, -0.2) is 14.7 Å². The van der Waals surface area contributed by atoms with E-state index in [4.69, 9.17) is 9.78 Å². The molecule has 0 saturated carbocycles. The average molecular weight is 252 g/mol. The highest BCUT2D eigenvalue weighted by Crippen LogP contribution is 2.25. The van der Waals surface area contributed by atoms with E-state index in [0.717, 1.165) is 29.1 Å². The van der Waals surface area contributed by atoms with Crippen molar-refractivity contribution in [1.82, 2.24) is 14.7 Å². The molecule has 0 unspecified atom stereocenters. The molecule has 0 atom stereocenters. The summed E-state index contributed by atoms with van der Waals surface area (Å²) >= 11 is 0. The first-order valence-electron chi connectivity index (χ1n) is 6.07. The number of nitrogens with zero attached hydrogens (tertiary/aromatic N) is 4. The zero-order chi connectivity index (χ0) is 13.4. The number of aryl methyl sites for hydroxylation is 2. The Labute approximate surface area is 110 Å². The van der Waals surface area contributed by atoms with Crippen molar-refractivity contribution in [2.24, 2.45) is 0 Å². The molecule has 0 N–H and O–H groups in total. The van der Waals surface area contributed by atoms with E-state index in [9.17, 15) is 0 Å². The predicted molar refractivity (Wildman–Crippen MR) is 70.4 cm³/mol. The van der Waals surface area contributed by atoms with Crippen LogP contribution in [0.25, 0.3) is 22.6 Å². The molecule has 3 rings (SSSR count). The lowest BCUT2D eigenvalue weighted by atomic mass is 10.2. The monoisotopic (exact) mass is 252 g/mol. The van der Waals surface area contributed by atoms with E-state index < -0.39 is 0 Å². The van der Waals surface area contributed by atoms with Gasteiger partial charge in [-0.3, -0.25) is 0 Å².